The zero-order chi connectivity index (χ0) is 12.3. The number of aliphatic hydroxyl groups is 1. The molecule has 0 aliphatic heterocycles. The van der Waals surface area contributed by atoms with Crippen molar-refractivity contribution < 1.29 is 5.11 Å². The summed E-state index contributed by atoms with van der Waals surface area (Å²) in [6.45, 7) is 1.70. The van der Waals surface area contributed by atoms with E-state index >= 15 is 0 Å². The first kappa shape index (κ1) is 12.4. The van der Waals surface area contributed by atoms with Crippen LogP contribution in [0.5, 0.6) is 0 Å². The van der Waals surface area contributed by atoms with Gasteiger partial charge in [0.2, 0.25) is 0 Å². The Balaban J connectivity index is 2.17. The van der Waals surface area contributed by atoms with E-state index in [1.165, 1.54) is 0 Å². The summed E-state index contributed by atoms with van der Waals surface area (Å²) < 4.78 is 0. The Hall–Kier alpha value is -1.03. The van der Waals surface area contributed by atoms with Gasteiger partial charge >= 0.3 is 0 Å². The molecule has 17 heavy (non-hydrogen) atoms. The molecule has 0 saturated carbocycles. The smallest absolute Gasteiger partial charge is 0.0931 e. The minimum Gasteiger partial charge on any atom is -0.387 e. The fourth-order valence-electron chi connectivity index (χ4n) is 1.35. The van der Waals surface area contributed by atoms with Gasteiger partial charge in [-0.05, 0) is 31.2 Å². The average Bonchev–Trinajstić information content (AvgIpc) is 2.33. The summed E-state index contributed by atoms with van der Waals surface area (Å²) in [6, 6.07) is 11.4. The Morgan fingerprint density at radius 2 is 2.00 bits per heavy atom. The number of nitrogens with zero attached hydrogens (tertiary/aromatic N) is 1. The molecule has 2 aromatic rings. The summed E-state index contributed by atoms with van der Waals surface area (Å²) >= 11 is 7.63. The Labute approximate surface area is 110 Å². The first-order valence-corrected chi connectivity index (χ1v) is 6.42. The number of benzene rings is 1. The van der Waals surface area contributed by atoms with Gasteiger partial charge in [-0.1, -0.05) is 35.5 Å². The fourth-order valence-corrected chi connectivity index (χ4v) is 2.41. The van der Waals surface area contributed by atoms with Crippen LogP contribution in [0.1, 0.15) is 18.7 Å². The fraction of sp³-hybridized carbons (Fsp3) is 0.154. The van der Waals surface area contributed by atoms with Crippen molar-refractivity contribution in [1.82, 2.24) is 4.98 Å². The zero-order valence-corrected chi connectivity index (χ0v) is 10.9. The third-order valence-corrected chi connectivity index (χ3v) is 3.75. The summed E-state index contributed by atoms with van der Waals surface area (Å²) in [5, 5.41) is 10.1. The van der Waals surface area contributed by atoms with E-state index in [0.717, 1.165) is 14.8 Å². The Morgan fingerprint density at radius 3 is 2.59 bits per heavy atom. The van der Waals surface area contributed by atoms with Crippen molar-refractivity contribution in [3.05, 3.63) is 53.3 Å². The van der Waals surface area contributed by atoms with E-state index in [9.17, 15) is 5.11 Å². The molecular weight excluding hydrogens is 254 g/mol. The minimum absolute atomic E-state index is 0.533. The van der Waals surface area contributed by atoms with Crippen molar-refractivity contribution in [2.75, 3.05) is 0 Å². The SMILES string of the molecule is C[C@@H](O)c1ccc(Sc2ccccc2Cl)cn1. The van der Waals surface area contributed by atoms with Gasteiger partial charge in [0.1, 0.15) is 0 Å². The number of hydrogen-bond acceptors (Lipinski definition) is 3. The van der Waals surface area contributed by atoms with Crippen LogP contribution in [0.3, 0.4) is 0 Å². The molecule has 1 heterocycles. The van der Waals surface area contributed by atoms with Crippen LogP contribution in [0.25, 0.3) is 0 Å². The van der Waals surface area contributed by atoms with Crippen LogP contribution in [0.4, 0.5) is 0 Å². The second-order valence-corrected chi connectivity index (χ2v) is 5.15. The van der Waals surface area contributed by atoms with Gasteiger partial charge in [0.05, 0.1) is 16.8 Å². The molecule has 88 valence electrons. The molecular formula is C13H12ClNOS. The lowest BCUT2D eigenvalue weighted by Crippen LogP contribution is -1.94. The monoisotopic (exact) mass is 265 g/mol. The van der Waals surface area contributed by atoms with Gasteiger partial charge in [0, 0.05) is 16.0 Å². The molecule has 0 fully saturated rings. The van der Waals surface area contributed by atoms with Crippen molar-refractivity contribution in [3.63, 3.8) is 0 Å². The molecule has 2 rings (SSSR count). The molecule has 0 amide bonds. The maximum Gasteiger partial charge on any atom is 0.0931 e. The van der Waals surface area contributed by atoms with Gasteiger partial charge in [-0.15, -0.1) is 0 Å². The lowest BCUT2D eigenvalue weighted by molar-refractivity contribution is 0.194. The second kappa shape index (κ2) is 5.54. The van der Waals surface area contributed by atoms with Gasteiger partial charge in [-0.25, -0.2) is 0 Å². The van der Waals surface area contributed by atoms with E-state index in [2.05, 4.69) is 4.98 Å². The number of halogens is 1. The first-order valence-electron chi connectivity index (χ1n) is 5.23. The van der Waals surface area contributed by atoms with Crippen LogP contribution in [0.2, 0.25) is 5.02 Å². The van der Waals surface area contributed by atoms with Crippen molar-refractivity contribution in [3.8, 4) is 0 Å². The quantitative estimate of drug-likeness (QED) is 0.913. The van der Waals surface area contributed by atoms with Gasteiger partial charge < -0.3 is 5.11 Å². The minimum atomic E-state index is -0.533. The highest BCUT2D eigenvalue weighted by atomic mass is 35.5. The largest absolute Gasteiger partial charge is 0.387 e. The molecule has 0 radical (unpaired) electrons. The molecule has 0 aliphatic rings. The van der Waals surface area contributed by atoms with Gasteiger partial charge in [-0.2, -0.15) is 0 Å². The molecule has 1 atom stereocenters. The van der Waals surface area contributed by atoms with Gasteiger partial charge in [-0.3, -0.25) is 4.98 Å². The molecule has 4 heteroatoms. The molecule has 0 aliphatic carbocycles. The third-order valence-electron chi connectivity index (χ3n) is 2.25. The van der Waals surface area contributed by atoms with Gasteiger partial charge in [0.15, 0.2) is 0 Å². The van der Waals surface area contributed by atoms with Gasteiger partial charge in [0.25, 0.3) is 0 Å². The standard InChI is InChI=1S/C13H12ClNOS/c1-9(16)12-7-6-10(8-15-12)17-13-5-3-2-4-11(13)14/h2-9,16H,1H3/t9-/m1/s1. The zero-order valence-electron chi connectivity index (χ0n) is 9.30. The van der Waals surface area contributed by atoms with Crippen LogP contribution < -0.4 is 0 Å². The maximum atomic E-state index is 9.36. The van der Waals surface area contributed by atoms with E-state index in [1.54, 1.807) is 24.9 Å². The molecule has 0 unspecified atom stereocenters. The summed E-state index contributed by atoms with van der Waals surface area (Å²) in [5.41, 5.74) is 0.675. The lowest BCUT2D eigenvalue weighted by atomic mass is 10.2. The maximum absolute atomic E-state index is 9.36. The molecule has 0 bridgehead atoms. The van der Waals surface area contributed by atoms with E-state index in [-0.39, 0.29) is 0 Å². The predicted molar refractivity (Wildman–Crippen MR) is 70.4 cm³/mol. The molecule has 1 aromatic carbocycles. The van der Waals surface area contributed by atoms with E-state index in [4.69, 9.17) is 11.6 Å². The normalized spacial score (nSPS) is 12.4. The molecule has 0 saturated heterocycles. The summed E-state index contributed by atoms with van der Waals surface area (Å²) in [4.78, 5) is 6.19. The van der Waals surface area contributed by atoms with Crippen molar-refractivity contribution in [2.45, 2.75) is 22.8 Å². The number of aromatic nitrogens is 1. The third kappa shape index (κ3) is 3.22. The van der Waals surface area contributed by atoms with Crippen molar-refractivity contribution in [1.29, 1.82) is 0 Å². The van der Waals surface area contributed by atoms with E-state index in [1.807, 2.05) is 36.4 Å². The van der Waals surface area contributed by atoms with Crippen LogP contribution in [-0.4, -0.2) is 10.1 Å². The molecule has 1 aromatic heterocycles. The molecule has 1 N–H and O–H groups in total. The predicted octanol–water partition coefficient (Wildman–Crippen LogP) is 3.94. The van der Waals surface area contributed by atoms with Crippen LogP contribution in [-0.2, 0) is 0 Å². The van der Waals surface area contributed by atoms with Crippen LogP contribution >= 0.6 is 23.4 Å². The number of rotatable bonds is 3. The molecule has 0 spiro atoms. The summed E-state index contributed by atoms with van der Waals surface area (Å²) in [6.07, 6.45) is 1.21. The van der Waals surface area contributed by atoms with Crippen LogP contribution in [0, 0.1) is 0 Å². The number of hydrogen-bond donors (Lipinski definition) is 1. The highest BCUT2D eigenvalue weighted by molar-refractivity contribution is 7.99. The topological polar surface area (TPSA) is 33.1 Å². The van der Waals surface area contributed by atoms with E-state index in [0.29, 0.717) is 5.69 Å². The highest BCUT2D eigenvalue weighted by Gasteiger charge is 2.04. The summed E-state index contributed by atoms with van der Waals surface area (Å²) in [5.74, 6) is 0. The highest BCUT2D eigenvalue weighted by Crippen LogP contribution is 2.32. The number of aliphatic hydroxyl groups excluding tert-OH is 1. The Bertz CT molecular complexity index is 499. The van der Waals surface area contributed by atoms with Crippen LogP contribution in [0.15, 0.2) is 52.4 Å². The molecule has 2 nitrogen and oxygen atoms in total. The summed E-state index contributed by atoms with van der Waals surface area (Å²) in [7, 11) is 0. The first-order chi connectivity index (χ1) is 8.16. The lowest BCUT2D eigenvalue weighted by Gasteiger charge is -2.06. The Morgan fingerprint density at radius 1 is 1.24 bits per heavy atom. The van der Waals surface area contributed by atoms with Crippen molar-refractivity contribution in [2.24, 2.45) is 0 Å². The average molecular weight is 266 g/mol. The van der Waals surface area contributed by atoms with E-state index < -0.39 is 6.10 Å². The van der Waals surface area contributed by atoms with Crippen molar-refractivity contribution >= 4 is 23.4 Å². The second-order valence-electron chi connectivity index (χ2n) is 3.63. The Kier molecular flexibility index (Phi) is 4.05. The number of pyridine rings is 1.